The molecule has 1 N–H and O–H groups in total. The smallest absolute Gasteiger partial charge is 0.358 e. The maximum absolute atomic E-state index is 11.3. The fourth-order valence-corrected chi connectivity index (χ4v) is 1.26. The van der Waals surface area contributed by atoms with Gasteiger partial charge in [-0.05, 0) is 0 Å². The van der Waals surface area contributed by atoms with Crippen molar-refractivity contribution in [2.45, 2.75) is 0 Å². The summed E-state index contributed by atoms with van der Waals surface area (Å²) in [4.78, 5) is 19.2. The summed E-state index contributed by atoms with van der Waals surface area (Å²) in [5, 5.41) is 6.98. The minimum Gasteiger partial charge on any atom is -0.464 e. The Bertz CT molecular complexity index is 537. The minimum absolute atomic E-state index is 0.154. The van der Waals surface area contributed by atoms with E-state index >= 15 is 0 Å². The van der Waals surface area contributed by atoms with Crippen molar-refractivity contribution in [3.63, 3.8) is 0 Å². The SMILES string of the molecule is COC(=O)c1cncc(Nc2cnn(C)c2)n1. The summed E-state index contributed by atoms with van der Waals surface area (Å²) in [5.41, 5.74) is 0.921. The van der Waals surface area contributed by atoms with E-state index in [0.29, 0.717) is 5.82 Å². The van der Waals surface area contributed by atoms with Crippen molar-refractivity contribution >= 4 is 17.5 Å². The van der Waals surface area contributed by atoms with Crippen LogP contribution in [0.4, 0.5) is 11.5 Å². The topological polar surface area (TPSA) is 81.9 Å². The standard InChI is InChI=1S/C10H11N5O2/c1-15-6-7(3-12-15)13-9-5-11-4-8(14-9)10(16)17-2/h3-6H,1-2H3,(H,13,14). The van der Waals surface area contributed by atoms with Gasteiger partial charge in [0.05, 0.1) is 31.4 Å². The van der Waals surface area contributed by atoms with Crippen molar-refractivity contribution in [1.82, 2.24) is 19.7 Å². The molecule has 0 amide bonds. The number of carbonyl (C=O) groups is 1. The number of anilines is 2. The van der Waals surface area contributed by atoms with Gasteiger partial charge in [-0.2, -0.15) is 5.10 Å². The van der Waals surface area contributed by atoms with E-state index in [9.17, 15) is 4.79 Å². The van der Waals surface area contributed by atoms with Gasteiger partial charge in [-0.3, -0.25) is 9.67 Å². The zero-order valence-corrected chi connectivity index (χ0v) is 9.41. The first-order valence-corrected chi connectivity index (χ1v) is 4.85. The number of aromatic nitrogens is 4. The molecule has 0 unspecified atom stereocenters. The van der Waals surface area contributed by atoms with Gasteiger partial charge in [0, 0.05) is 13.2 Å². The summed E-state index contributed by atoms with van der Waals surface area (Å²) in [5.74, 6) is -0.0618. The number of aryl methyl sites for hydroxylation is 1. The third-order valence-corrected chi connectivity index (χ3v) is 2.01. The Morgan fingerprint density at radius 2 is 2.24 bits per heavy atom. The fourth-order valence-electron chi connectivity index (χ4n) is 1.26. The van der Waals surface area contributed by atoms with Gasteiger partial charge >= 0.3 is 5.97 Å². The second-order valence-electron chi connectivity index (χ2n) is 3.31. The van der Waals surface area contributed by atoms with Crippen molar-refractivity contribution in [1.29, 1.82) is 0 Å². The van der Waals surface area contributed by atoms with Crippen molar-refractivity contribution in [3.05, 3.63) is 30.5 Å². The van der Waals surface area contributed by atoms with Crippen molar-refractivity contribution in [3.8, 4) is 0 Å². The van der Waals surface area contributed by atoms with Crippen LogP contribution in [0.1, 0.15) is 10.5 Å². The van der Waals surface area contributed by atoms with E-state index in [-0.39, 0.29) is 5.69 Å². The highest BCUT2D eigenvalue weighted by Crippen LogP contribution is 2.12. The molecule has 17 heavy (non-hydrogen) atoms. The van der Waals surface area contributed by atoms with Crippen molar-refractivity contribution < 1.29 is 9.53 Å². The number of nitrogens with zero attached hydrogens (tertiary/aromatic N) is 4. The van der Waals surface area contributed by atoms with Crippen LogP contribution in [0.3, 0.4) is 0 Å². The lowest BCUT2D eigenvalue weighted by molar-refractivity contribution is 0.0593. The highest BCUT2D eigenvalue weighted by atomic mass is 16.5. The summed E-state index contributed by atoms with van der Waals surface area (Å²) < 4.78 is 6.21. The first kappa shape index (κ1) is 11.1. The van der Waals surface area contributed by atoms with Crippen LogP contribution in [0, 0.1) is 0 Å². The molecule has 0 atom stereocenters. The normalized spacial score (nSPS) is 10.0. The Labute approximate surface area is 97.5 Å². The highest BCUT2D eigenvalue weighted by molar-refractivity contribution is 5.87. The van der Waals surface area contributed by atoms with Gasteiger partial charge in [0.25, 0.3) is 0 Å². The highest BCUT2D eigenvalue weighted by Gasteiger charge is 2.08. The molecule has 0 aliphatic rings. The van der Waals surface area contributed by atoms with Crippen LogP contribution in [0.15, 0.2) is 24.8 Å². The number of nitrogens with one attached hydrogen (secondary N) is 1. The molecule has 2 heterocycles. The Kier molecular flexibility index (Phi) is 2.99. The molecule has 0 aliphatic heterocycles. The van der Waals surface area contributed by atoms with Gasteiger partial charge in [-0.15, -0.1) is 0 Å². The zero-order chi connectivity index (χ0) is 12.3. The van der Waals surface area contributed by atoms with Gasteiger partial charge in [-0.25, -0.2) is 9.78 Å². The van der Waals surface area contributed by atoms with Gasteiger partial charge in [0.1, 0.15) is 5.82 Å². The number of esters is 1. The van der Waals surface area contributed by atoms with E-state index in [0.717, 1.165) is 5.69 Å². The lowest BCUT2D eigenvalue weighted by atomic mass is 10.4. The Morgan fingerprint density at radius 1 is 1.41 bits per heavy atom. The first-order chi connectivity index (χ1) is 8.19. The molecule has 2 aromatic rings. The average Bonchev–Trinajstić information content (AvgIpc) is 2.74. The molecule has 0 saturated carbocycles. The summed E-state index contributed by atoms with van der Waals surface area (Å²) in [6.07, 6.45) is 6.29. The van der Waals surface area contributed by atoms with E-state index in [1.807, 2.05) is 7.05 Å². The molecule has 0 bridgehead atoms. The summed E-state index contributed by atoms with van der Waals surface area (Å²) in [7, 11) is 3.10. The predicted molar refractivity (Wildman–Crippen MR) is 59.9 cm³/mol. The van der Waals surface area contributed by atoms with Crippen LogP contribution >= 0.6 is 0 Å². The van der Waals surface area contributed by atoms with E-state index < -0.39 is 5.97 Å². The molecular weight excluding hydrogens is 222 g/mol. The second-order valence-corrected chi connectivity index (χ2v) is 3.31. The Balaban J connectivity index is 2.19. The van der Waals surface area contributed by atoms with Crippen LogP contribution in [0.25, 0.3) is 0 Å². The molecule has 0 radical (unpaired) electrons. The van der Waals surface area contributed by atoms with Crippen LogP contribution in [-0.4, -0.2) is 32.8 Å². The number of carbonyl (C=O) groups excluding carboxylic acids is 1. The Morgan fingerprint density at radius 3 is 2.88 bits per heavy atom. The van der Waals surface area contributed by atoms with Crippen molar-refractivity contribution in [2.24, 2.45) is 7.05 Å². The van der Waals surface area contributed by atoms with Gasteiger partial charge in [0.15, 0.2) is 5.69 Å². The number of rotatable bonds is 3. The number of methoxy groups -OCH3 is 1. The number of hydrogen-bond donors (Lipinski definition) is 1. The maximum Gasteiger partial charge on any atom is 0.358 e. The number of ether oxygens (including phenoxy) is 1. The molecule has 88 valence electrons. The van der Waals surface area contributed by atoms with E-state index in [1.165, 1.54) is 19.5 Å². The monoisotopic (exact) mass is 233 g/mol. The third kappa shape index (κ3) is 2.57. The lowest BCUT2D eigenvalue weighted by Gasteiger charge is -2.03. The van der Waals surface area contributed by atoms with Gasteiger partial charge in [-0.1, -0.05) is 0 Å². The summed E-state index contributed by atoms with van der Waals surface area (Å²) in [6, 6.07) is 0. The molecule has 2 rings (SSSR count). The van der Waals surface area contributed by atoms with Gasteiger partial charge < -0.3 is 10.1 Å². The first-order valence-electron chi connectivity index (χ1n) is 4.85. The fraction of sp³-hybridized carbons (Fsp3) is 0.200. The molecule has 0 saturated heterocycles. The summed E-state index contributed by atoms with van der Waals surface area (Å²) in [6.45, 7) is 0. The molecule has 7 heteroatoms. The molecule has 0 aromatic carbocycles. The van der Waals surface area contributed by atoms with Crippen LogP contribution < -0.4 is 5.32 Å². The lowest BCUT2D eigenvalue weighted by Crippen LogP contribution is -2.06. The second kappa shape index (κ2) is 4.60. The van der Waals surface area contributed by atoms with Gasteiger partial charge in [0.2, 0.25) is 0 Å². The zero-order valence-electron chi connectivity index (χ0n) is 9.41. The predicted octanol–water partition coefficient (Wildman–Crippen LogP) is 0.740. The maximum atomic E-state index is 11.3. The molecule has 2 aromatic heterocycles. The van der Waals surface area contributed by atoms with Crippen molar-refractivity contribution in [2.75, 3.05) is 12.4 Å². The van der Waals surface area contributed by atoms with Crippen LogP contribution in [0.2, 0.25) is 0 Å². The molecule has 0 fully saturated rings. The minimum atomic E-state index is -0.521. The van der Waals surface area contributed by atoms with Crippen LogP contribution in [0.5, 0.6) is 0 Å². The van der Waals surface area contributed by atoms with E-state index in [1.54, 1.807) is 17.1 Å². The largest absolute Gasteiger partial charge is 0.464 e. The van der Waals surface area contributed by atoms with Crippen LogP contribution in [-0.2, 0) is 11.8 Å². The molecular formula is C10H11N5O2. The number of hydrogen-bond acceptors (Lipinski definition) is 6. The summed E-state index contributed by atoms with van der Waals surface area (Å²) >= 11 is 0. The third-order valence-electron chi connectivity index (χ3n) is 2.01. The van der Waals surface area contributed by atoms with E-state index in [2.05, 4.69) is 25.1 Å². The van der Waals surface area contributed by atoms with E-state index in [4.69, 9.17) is 0 Å². The quantitative estimate of drug-likeness (QED) is 0.787. The molecule has 0 aliphatic carbocycles. The molecule has 0 spiro atoms. The average molecular weight is 233 g/mol. The molecule has 7 nitrogen and oxygen atoms in total. The Hall–Kier alpha value is -2.44.